The van der Waals surface area contributed by atoms with Gasteiger partial charge >= 0.3 is 0 Å². The average Bonchev–Trinajstić information content (AvgIpc) is 2.90. The summed E-state index contributed by atoms with van der Waals surface area (Å²) in [6.45, 7) is 4.05. The topological polar surface area (TPSA) is 32.5 Å². The van der Waals surface area contributed by atoms with E-state index in [1.807, 2.05) is 29.9 Å². The van der Waals surface area contributed by atoms with Gasteiger partial charge in [0, 0.05) is 35.6 Å². The molecule has 19 heavy (non-hydrogen) atoms. The van der Waals surface area contributed by atoms with Gasteiger partial charge in [0.15, 0.2) is 0 Å². The fourth-order valence-corrected chi connectivity index (χ4v) is 3.03. The maximum Gasteiger partial charge on any atom is 0.242 e. The lowest BCUT2D eigenvalue weighted by atomic mass is 10.00. The van der Waals surface area contributed by atoms with Crippen molar-refractivity contribution in [1.29, 1.82) is 0 Å². The Hall–Kier alpha value is -2.03. The summed E-state index contributed by atoms with van der Waals surface area (Å²) < 4.78 is 1.90. The number of fused-ring (bicyclic) bond motifs is 1. The monoisotopic (exact) mass is 256 g/mol. The molecule has 0 radical (unpaired) electrons. The highest BCUT2D eigenvalue weighted by Gasteiger charge is 2.36. The van der Waals surface area contributed by atoms with Gasteiger partial charge in [-0.05, 0) is 12.5 Å². The average molecular weight is 256 g/mol. The van der Waals surface area contributed by atoms with Crippen molar-refractivity contribution in [2.45, 2.75) is 26.7 Å². The number of hydrogen-bond acceptors (Lipinski definition) is 2. The molecular weight excluding hydrogens is 238 g/mol. The van der Waals surface area contributed by atoms with Crippen molar-refractivity contribution < 1.29 is 14.7 Å². The fourth-order valence-electron chi connectivity index (χ4n) is 3.03. The van der Waals surface area contributed by atoms with E-state index in [9.17, 15) is 5.11 Å². The van der Waals surface area contributed by atoms with Crippen LogP contribution >= 0.6 is 0 Å². The molecule has 0 unspecified atom stereocenters. The van der Waals surface area contributed by atoms with Crippen LogP contribution in [0, 0.1) is 0 Å². The number of allylic oxidation sites excluding steroid dienone is 3. The number of aliphatic hydroxyl groups is 1. The summed E-state index contributed by atoms with van der Waals surface area (Å²) in [7, 11) is 1.69. The maximum atomic E-state index is 10.3. The minimum absolute atomic E-state index is 0.388. The number of aliphatic hydroxyl groups excluding tert-OH is 1. The van der Waals surface area contributed by atoms with Crippen LogP contribution in [0.1, 0.15) is 37.8 Å². The summed E-state index contributed by atoms with van der Waals surface area (Å²) >= 11 is 0. The zero-order valence-electron chi connectivity index (χ0n) is 11.5. The first kappa shape index (κ1) is 12.0. The Balaban J connectivity index is 2.28. The number of hydrogen-bond donors (Lipinski definition) is 1. The molecule has 1 aromatic rings. The van der Waals surface area contributed by atoms with Crippen molar-refractivity contribution in [1.82, 2.24) is 0 Å². The molecule has 3 nitrogen and oxygen atoms in total. The van der Waals surface area contributed by atoms with Crippen molar-refractivity contribution in [3.05, 3.63) is 46.7 Å². The van der Waals surface area contributed by atoms with Gasteiger partial charge in [0.2, 0.25) is 11.4 Å². The molecule has 2 aliphatic rings. The molecular formula is C16H18NO2+. The van der Waals surface area contributed by atoms with E-state index in [4.69, 9.17) is 4.84 Å². The third-order valence-electron chi connectivity index (χ3n) is 3.97. The molecule has 1 heterocycles. The maximum absolute atomic E-state index is 10.3. The molecule has 1 N–H and O–H groups in total. The normalized spacial score (nSPS) is 22.3. The van der Waals surface area contributed by atoms with Gasteiger partial charge in [0.25, 0.3) is 0 Å². The van der Waals surface area contributed by atoms with Crippen LogP contribution < -0.4 is 0 Å². The quantitative estimate of drug-likeness (QED) is 0.780. The molecule has 0 spiro atoms. The summed E-state index contributed by atoms with van der Waals surface area (Å²) in [6.07, 6.45) is 1.96. The first-order valence-corrected chi connectivity index (χ1v) is 6.55. The molecule has 0 atom stereocenters. The summed E-state index contributed by atoms with van der Waals surface area (Å²) in [5.74, 6) is 0.388. The van der Waals surface area contributed by atoms with Crippen LogP contribution in [0.5, 0.6) is 0 Å². The first-order chi connectivity index (χ1) is 9.15. The van der Waals surface area contributed by atoms with Gasteiger partial charge < -0.3 is 5.11 Å². The fraction of sp³-hybridized carbons (Fsp3) is 0.312. The lowest BCUT2D eigenvalue weighted by molar-refractivity contribution is -0.741. The van der Waals surface area contributed by atoms with E-state index >= 15 is 0 Å². The predicted octanol–water partition coefficient (Wildman–Crippen LogP) is 3.53. The number of rotatable bonds is 1. The third-order valence-corrected chi connectivity index (χ3v) is 3.97. The van der Waals surface area contributed by atoms with E-state index in [1.54, 1.807) is 7.11 Å². The smallest absolute Gasteiger partial charge is 0.242 e. The van der Waals surface area contributed by atoms with Crippen LogP contribution in [0.15, 0.2) is 35.5 Å². The highest BCUT2D eigenvalue weighted by molar-refractivity contribution is 5.98. The van der Waals surface area contributed by atoms with E-state index < -0.39 is 0 Å². The van der Waals surface area contributed by atoms with E-state index in [0.29, 0.717) is 5.76 Å². The largest absolute Gasteiger partial charge is 0.507 e. The zero-order chi connectivity index (χ0) is 13.6. The summed E-state index contributed by atoms with van der Waals surface area (Å²) in [6, 6.07) is 7.99. The summed E-state index contributed by atoms with van der Waals surface area (Å²) in [5, 5.41) is 10.3. The predicted molar refractivity (Wildman–Crippen MR) is 75.8 cm³/mol. The van der Waals surface area contributed by atoms with Crippen molar-refractivity contribution in [2.75, 3.05) is 7.11 Å². The molecule has 0 aromatic heterocycles. The van der Waals surface area contributed by atoms with Crippen molar-refractivity contribution in [3.63, 3.8) is 0 Å². The minimum atomic E-state index is 0.388. The SMILES string of the molecule is CO[N+]1=C(C)CC/C1=C1/C(C)=C(O)c2ccccc21. The Morgan fingerprint density at radius 2 is 1.79 bits per heavy atom. The van der Waals surface area contributed by atoms with Crippen LogP contribution in [-0.4, -0.2) is 22.7 Å². The number of hydroxylamine groups is 1. The van der Waals surface area contributed by atoms with Crippen molar-refractivity contribution in [2.24, 2.45) is 0 Å². The van der Waals surface area contributed by atoms with E-state index in [0.717, 1.165) is 40.8 Å². The van der Waals surface area contributed by atoms with Gasteiger partial charge in [-0.25, -0.2) is 0 Å². The summed E-state index contributed by atoms with van der Waals surface area (Å²) in [5.41, 5.74) is 6.43. The van der Waals surface area contributed by atoms with Crippen LogP contribution in [0.3, 0.4) is 0 Å². The van der Waals surface area contributed by atoms with E-state index in [2.05, 4.69) is 13.0 Å². The van der Waals surface area contributed by atoms with Gasteiger partial charge in [-0.2, -0.15) is 0 Å². The Labute approximate surface area is 113 Å². The van der Waals surface area contributed by atoms with Gasteiger partial charge in [0.05, 0.1) is 5.57 Å². The van der Waals surface area contributed by atoms with Crippen LogP contribution in [0.25, 0.3) is 11.3 Å². The highest BCUT2D eigenvalue weighted by atomic mass is 16.7. The Kier molecular flexibility index (Phi) is 2.70. The Bertz CT molecular complexity index is 650. The van der Waals surface area contributed by atoms with E-state index in [1.165, 1.54) is 5.71 Å². The molecule has 0 saturated carbocycles. The number of nitrogens with zero attached hydrogens (tertiary/aromatic N) is 1. The number of benzene rings is 1. The van der Waals surface area contributed by atoms with Gasteiger partial charge in [-0.15, -0.1) is 0 Å². The van der Waals surface area contributed by atoms with E-state index in [-0.39, 0.29) is 0 Å². The van der Waals surface area contributed by atoms with Crippen molar-refractivity contribution >= 4 is 17.0 Å². The Morgan fingerprint density at radius 1 is 1.11 bits per heavy atom. The molecule has 3 rings (SSSR count). The molecule has 1 aliphatic carbocycles. The second-order valence-electron chi connectivity index (χ2n) is 5.05. The van der Waals surface area contributed by atoms with Crippen LogP contribution in [-0.2, 0) is 4.84 Å². The van der Waals surface area contributed by atoms with Gasteiger partial charge in [-0.3, -0.25) is 4.84 Å². The van der Waals surface area contributed by atoms with Gasteiger partial charge in [0.1, 0.15) is 12.9 Å². The second kappa shape index (κ2) is 4.26. The lowest BCUT2D eigenvalue weighted by Gasteiger charge is -2.05. The minimum Gasteiger partial charge on any atom is -0.507 e. The van der Waals surface area contributed by atoms with Crippen LogP contribution in [0.2, 0.25) is 0 Å². The summed E-state index contributed by atoms with van der Waals surface area (Å²) in [4.78, 5) is 5.48. The Morgan fingerprint density at radius 3 is 2.47 bits per heavy atom. The highest BCUT2D eigenvalue weighted by Crippen LogP contribution is 2.43. The third kappa shape index (κ3) is 1.61. The molecule has 0 saturated heterocycles. The first-order valence-electron chi connectivity index (χ1n) is 6.55. The zero-order valence-corrected chi connectivity index (χ0v) is 11.5. The molecule has 0 fully saturated rings. The molecule has 1 aromatic carbocycles. The molecule has 1 aliphatic heterocycles. The molecule has 0 amide bonds. The molecule has 0 bridgehead atoms. The molecule has 3 heteroatoms. The standard InChI is InChI=1S/C16H17NO2/c1-10-8-9-14(17(10)19-3)15-11(2)16(18)13-7-5-4-6-12(13)15/h4-7H,8-9H2,1-3H3/p+1/b15-14+. The lowest BCUT2D eigenvalue weighted by Crippen LogP contribution is -2.11. The second-order valence-corrected chi connectivity index (χ2v) is 5.05. The van der Waals surface area contributed by atoms with Crippen LogP contribution in [0.4, 0.5) is 0 Å². The van der Waals surface area contributed by atoms with Gasteiger partial charge in [-0.1, -0.05) is 24.3 Å². The van der Waals surface area contributed by atoms with Crippen molar-refractivity contribution in [3.8, 4) is 0 Å². The molecule has 98 valence electrons.